The molecular formula is C20H12F2N4O. The summed E-state index contributed by atoms with van der Waals surface area (Å²) in [6.07, 6.45) is 7.22. The predicted molar refractivity (Wildman–Crippen MR) is 99.9 cm³/mol. The van der Waals surface area contributed by atoms with Gasteiger partial charge in [-0.1, -0.05) is 24.3 Å². The number of halogens is 2. The van der Waals surface area contributed by atoms with Crippen LogP contribution in [0, 0.1) is 11.9 Å². The van der Waals surface area contributed by atoms with Crippen molar-refractivity contribution >= 4 is 33.2 Å². The second-order valence-corrected chi connectivity index (χ2v) is 6.23. The number of nitrogens with two attached hydrogens (primary N) is 1. The first kappa shape index (κ1) is 15.5. The fourth-order valence-corrected chi connectivity index (χ4v) is 3.33. The van der Waals surface area contributed by atoms with E-state index in [0.717, 1.165) is 11.8 Å². The van der Waals surface area contributed by atoms with Crippen molar-refractivity contribution in [2.75, 3.05) is 5.73 Å². The molecule has 4 aromatic rings. The maximum absolute atomic E-state index is 14.2. The zero-order valence-electron chi connectivity index (χ0n) is 13.8. The summed E-state index contributed by atoms with van der Waals surface area (Å²) in [7, 11) is 0. The molecule has 0 amide bonds. The Bertz CT molecular complexity index is 1320. The van der Waals surface area contributed by atoms with Crippen LogP contribution in [-0.4, -0.2) is 19.6 Å². The number of benzene rings is 1. The minimum absolute atomic E-state index is 0.00691. The SMILES string of the molecule is Nc1c2cccc(-c3ccc(F)nc3F)c2nc2cn(C3=CC=C3)c(O)c12. The molecule has 0 unspecified atom stereocenters. The van der Waals surface area contributed by atoms with E-state index in [1.807, 2.05) is 18.2 Å². The van der Waals surface area contributed by atoms with Gasteiger partial charge in [0.05, 0.1) is 22.1 Å². The molecule has 132 valence electrons. The molecule has 0 radical (unpaired) electrons. The van der Waals surface area contributed by atoms with Gasteiger partial charge in [-0.3, -0.25) is 4.57 Å². The van der Waals surface area contributed by atoms with Gasteiger partial charge in [0.15, 0.2) is 0 Å². The zero-order chi connectivity index (χ0) is 18.7. The van der Waals surface area contributed by atoms with Crippen LogP contribution in [0.5, 0.6) is 5.88 Å². The highest BCUT2D eigenvalue weighted by Gasteiger charge is 2.20. The third-order valence-electron chi connectivity index (χ3n) is 4.70. The van der Waals surface area contributed by atoms with Gasteiger partial charge in [0.1, 0.15) is 0 Å². The third kappa shape index (κ3) is 2.15. The summed E-state index contributed by atoms with van der Waals surface area (Å²) >= 11 is 0. The van der Waals surface area contributed by atoms with Gasteiger partial charge in [0.2, 0.25) is 17.8 Å². The van der Waals surface area contributed by atoms with Gasteiger partial charge in [0.25, 0.3) is 0 Å². The van der Waals surface area contributed by atoms with Gasteiger partial charge >= 0.3 is 0 Å². The lowest BCUT2D eigenvalue weighted by molar-refractivity contribution is 0.450. The maximum atomic E-state index is 14.2. The highest BCUT2D eigenvalue weighted by atomic mass is 19.1. The molecule has 3 N–H and O–H groups in total. The fraction of sp³-hybridized carbons (Fsp3) is 0. The summed E-state index contributed by atoms with van der Waals surface area (Å²) in [5, 5.41) is 11.6. The van der Waals surface area contributed by atoms with Gasteiger partial charge in [-0.15, -0.1) is 0 Å². The van der Waals surface area contributed by atoms with Crippen molar-refractivity contribution in [1.82, 2.24) is 14.5 Å². The van der Waals surface area contributed by atoms with Gasteiger partial charge in [0, 0.05) is 28.4 Å². The molecule has 0 spiro atoms. The molecule has 1 aliphatic rings. The molecule has 0 atom stereocenters. The monoisotopic (exact) mass is 362 g/mol. The number of nitrogens with zero attached hydrogens (tertiary/aromatic N) is 3. The van der Waals surface area contributed by atoms with Crippen LogP contribution >= 0.6 is 0 Å². The number of rotatable bonds is 2. The molecular weight excluding hydrogens is 350 g/mol. The van der Waals surface area contributed by atoms with Crippen molar-refractivity contribution < 1.29 is 13.9 Å². The highest BCUT2D eigenvalue weighted by Crippen LogP contribution is 2.40. The lowest BCUT2D eigenvalue weighted by Crippen LogP contribution is -1.96. The fourth-order valence-electron chi connectivity index (χ4n) is 3.33. The topological polar surface area (TPSA) is 77.0 Å². The zero-order valence-corrected chi connectivity index (χ0v) is 13.8. The van der Waals surface area contributed by atoms with Crippen molar-refractivity contribution in [3.8, 4) is 17.0 Å². The molecule has 3 heterocycles. The van der Waals surface area contributed by atoms with Gasteiger partial charge in [-0.05, 0) is 24.3 Å². The minimum Gasteiger partial charge on any atom is -0.494 e. The smallest absolute Gasteiger partial charge is 0.223 e. The largest absolute Gasteiger partial charge is 0.494 e. The Labute approximate surface area is 151 Å². The van der Waals surface area contributed by atoms with E-state index in [1.54, 1.807) is 29.0 Å². The molecule has 5 nitrogen and oxygen atoms in total. The first-order valence-electron chi connectivity index (χ1n) is 8.18. The number of aromatic nitrogens is 3. The Morgan fingerprint density at radius 3 is 2.56 bits per heavy atom. The summed E-state index contributed by atoms with van der Waals surface area (Å²) in [6, 6.07) is 7.54. The van der Waals surface area contributed by atoms with Gasteiger partial charge < -0.3 is 10.8 Å². The second kappa shape index (κ2) is 5.38. The Hall–Kier alpha value is -3.74. The van der Waals surface area contributed by atoms with Crippen molar-refractivity contribution in [2.45, 2.75) is 0 Å². The van der Waals surface area contributed by atoms with Crippen LogP contribution in [-0.2, 0) is 0 Å². The quantitative estimate of drug-likeness (QED) is 0.523. The summed E-state index contributed by atoms with van der Waals surface area (Å²) in [4.78, 5) is 7.85. The van der Waals surface area contributed by atoms with Crippen LogP contribution in [0.4, 0.5) is 14.5 Å². The Balaban J connectivity index is 1.84. The first-order valence-corrected chi connectivity index (χ1v) is 8.18. The van der Waals surface area contributed by atoms with E-state index in [2.05, 4.69) is 9.97 Å². The second-order valence-electron chi connectivity index (χ2n) is 6.23. The van der Waals surface area contributed by atoms with E-state index in [0.29, 0.717) is 33.1 Å². The molecule has 0 saturated carbocycles. The number of hydrogen-bond acceptors (Lipinski definition) is 4. The number of fused-ring (bicyclic) bond motifs is 2. The van der Waals surface area contributed by atoms with Crippen LogP contribution in [0.25, 0.3) is 38.6 Å². The normalized spacial score (nSPS) is 13.2. The van der Waals surface area contributed by atoms with Crippen LogP contribution in [0.3, 0.4) is 0 Å². The minimum atomic E-state index is -0.923. The number of hydrogen-bond donors (Lipinski definition) is 2. The van der Waals surface area contributed by atoms with Gasteiger partial charge in [-0.2, -0.15) is 13.8 Å². The van der Waals surface area contributed by atoms with Crippen molar-refractivity contribution in [1.29, 1.82) is 0 Å². The van der Waals surface area contributed by atoms with Gasteiger partial charge in [-0.25, -0.2) is 4.98 Å². The standard InChI is InChI=1S/C20H12F2N4O/c21-15-8-7-12(19(22)25-15)11-5-2-6-13-17(23)16-14(24-18(11)13)9-26(20(16)27)10-3-1-4-10/h1-9,27H,23H2. The van der Waals surface area contributed by atoms with Crippen molar-refractivity contribution in [3.05, 3.63) is 66.7 Å². The Morgan fingerprint density at radius 1 is 1.04 bits per heavy atom. The highest BCUT2D eigenvalue weighted by molar-refractivity contribution is 6.12. The van der Waals surface area contributed by atoms with Crippen LogP contribution in [0.1, 0.15) is 0 Å². The molecule has 0 fully saturated rings. The van der Waals surface area contributed by atoms with E-state index >= 15 is 0 Å². The number of nitrogen functional groups attached to an aromatic ring is 1. The first-order chi connectivity index (χ1) is 13.0. The molecule has 5 rings (SSSR count). The number of allylic oxidation sites excluding steroid dienone is 4. The molecule has 0 saturated heterocycles. The number of aromatic hydroxyl groups is 1. The molecule has 0 bridgehead atoms. The predicted octanol–water partition coefficient (Wildman–Crippen LogP) is 4.23. The van der Waals surface area contributed by atoms with Crippen LogP contribution < -0.4 is 5.73 Å². The van der Waals surface area contributed by atoms with E-state index in [1.165, 1.54) is 6.07 Å². The molecule has 7 heteroatoms. The number of pyridine rings is 2. The lowest BCUT2D eigenvalue weighted by Gasteiger charge is -2.10. The van der Waals surface area contributed by atoms with Crippen molar-refractivity contribution in [2.24, 2.45) is 0 Å². The average Bonchev–Trinajstić information content (AvgIpc) is 2.90. The summed E-state index contributed by atoms with van der Waals surface area (Å²) in [6.45, 7) is 0. The Morgan fingerprint density at radius 2 is 1.85 bits per heavy atom. The van der Waals surface area contributed by atoms with E-state index in [-0.39, 0.29) is 11.4 Å². The molecule has 27 heavy (non-hydrogen) atoms. The Kier molecular flexibility index (Phi) is 3.09. The van der Waals surface area contributed by atoms with E-state index < -0.39 is 11.9 Å². The third-order valence-corrected chi connectivity index (χ3v) is 4.70. The molecule has 0 aliphatic heterocycles. The number of anilines is 1. The van der Waals surface area contributed by atoms with Crippen LogP contribution in [0.2, 0.25) is 0 Å². The number of para-hydroxylation sites is 1. The van der Waals surface area contributed by atoms with Crippen molar-refractivity contribution in [3.63, 3.8) is 0 Å². The molecule has 1 aliphatic carbocycles. The van der Waals surface area contributed by atoms with E-state index in [4.69, 9.17) is 5.73 Å². The summed E-state index contributed by atoms with van der Waals surface area (Å²) in [5.74, 6) is -1.82. The molecule has 3 aromatic heterocycles. The van der Waals surface area contributed by atoms with Crippen LogP contribution in [0.15, 0.2) is 54.8 Å². The molecule has 1 aromatic carbocycles. The lowest BCUT2D eigenvalue weighted by atomic mass is 10.0. The average molecular weight is 362 g/mol. The summed E-state index contributed by atoms with van der Waals surface area (Å²) in [5.41, 5.74) is 8.96. The maximum Gasteiger partial charge on any atom is 0.223 e. The summed E-state index contributed by atoms with van der Waals surface area (Å²) < 4.78 is 29.0. The van der Waals surface area contributed by atoms with E-state index in [9.17, 15) is 13.9 Å².